The van der Waals surface area contributed by atoms with Gasteiger partial charge >= 0.3 is 0 Å². The fourth-order valence-corrected chi connectivity index (χ4v) is 5.72. The molecule has 10 heteroatoms. The van der Waals surface area contributed by atoms with Gasteiger partial charge < -0.3 is 18.9 Å². The fourth-order valence-electron chi connectivity index (χ4n) is 5.59. The number of para-hydroxylation sites is 1. The molecule has 3 aliphatic rings. The van der Waals surface area contributed by atoms with Crippen molar-refractivity contribution in [1.29, 1.82) is 0 Å². The highest BCUT2D eigenvalue weighted by atomic mass is 35.5. The van der Waals surface area contributed by atoms with Crippen molar-refractivity contribution in [3.05, 3.63) is 111 Å². The van der Waals surface area contributed by atoms with Gasteiger partial charge in [-0.2, -0.15) is 0 Å². The van der Waals surface area contributed by atoms with Crippen LogP contribution in [0.5, 0.6) is 0 Å². The smallest absolute Gasteiger partial charge is 0.270 e. The van der Waals surface area contributed by atoms with Gasteiger partial charge in [0.25, 0.3) is 6.04 Å². The van der Waals surface area contributed by atoms with Gasteiger partial charge in [-0.3, -0.25) is 15.0 Å². The van der Waals surface area contributed by atoms with Crippen LogP contribution in [0.4, 0.5) is 5.69 Å². The predicted molar refractivity (Wildman–Crippen MR) is 142 cm³/mol. The van der Waals surface area contributed by atoms with Crippen LogP contribution >= 0.6 is 11.6 Å². The quantitative estimate of drug-likeness (QED) is 0.288. The number of fused-ring (bicyclic) bond motifs is 1. The van der Waals surface area contributed by atoms with Crippen molar-refractivity contribution < 1.29 is 28.7 Å². The van der Waals surface area contributed by atoms with Gasteiger partial charge in [-0.25, -0.2) is 5.06 Å². The summed E-state index contributed by atoms with van der Waals surface area (Å²) >= 11 is 6.11. The second-order valence-electron chi connectivity index (χ2n) is 10.3. The number of ether oxygens (including phenoxy) is 4. The van der Waals surface area contributed by atoms with E-state index in [9.17, 15) is 10.1 Å². The summed E-state index contributed by atoms with van der Waals surface area (Å²) in [6.45, 7) is 3.90. The molecule has 0 radical (unpaired) electrons. The predicted octanol–water partition coefficient (Wildman–Crippen LogP) is 5.31. The molecule has 9 nitrogen and oxygen atoms in total. The second-order valence-corrected chi connectivity index (χ2v) is 10.8. The molecule has 0 spiro atoms. The van der Waals surface area contributed by atoms with Crippen molar-refractivity contribution >= 4 is 17.3 Å². The number of nitro groups is 1. The molecule has 0 aromatic heterocycles. The van der Waals surface area contributed by atoms with Gasteiger partial charge in [-0.15, -0.1) is 0 Å². The molecule has 3 aliphatic heterocycles. The van der Waals surface area contributed by atoms with Crippen LogP contribution in [0.1, 0.15) is 31.1 Å². The van der Waals surface area contributed by atoms with E-state index in [-0.39, 0.29) is 11.5 Å². The standard InChI is InChI=1S/C29H29ClN2O7/c1-29(2)37-27-26(35-17-18-9-5-3-6-10-18)25(36-28(27)38-29)22-23(32(33)34)24(19-13-15-20(30)16-14-19)39-31(22)21-11-7-4-8-12-21/h3-16,22-28H,17H2,1-2H3/t22-,23+,24-,25+,26-,27+,28+/m0/s1. The average Bonchev–Trinajstić information content (AvgIpc) is 3.56. The van der Waals surface area contributed by atoms with Gasteiger partial charge in [0.05, 0.1) is 12.3 Å². The normalized spacial score (nSPS) is 31.4. The number of hydrogen-bond donors (Lipinski definition) is 0. The van der Waals surface area contributed by atoms with E-state index in [0.717, 1.165) is 5.56 Å². The molecular formula is C29H29ClN2O7. The molecule has 3 fully saturated rings. The maximum Gasteiger partial charge on any atom is 0.270 e. The lowest BCUT2D eigenvalue weighted by Gasteiger charge is -2.33. The number of halogens is 1. The largest absolute Gasteiger partial charge is 0.368 e. The minimum absolute atomic E-state index is 0.279. The van der Waals surface area contributed by atoms with E-state index in [0.29, 0.717) is 16.3 Å². The monoisotopic (exact) mass is 552 g/mol. The molecule has 0 bridgehead atoms. The minimum atomic E-state index is -1.19. The molecule has 3 aromatic rings. The molecule has 0 unspecified atom stereocenters. The maximum absolute atomic E-state index is 12.7. The molecule has 0 N–H and O–H groups in total. The summed E-state index contributed by atoms with van der Waals surface area (Å²) in [5.74, 6) is -0.881. The molecule has 3 saturated heterocycles. The van der Waals surface area contributed by atoms with Crippen LogP contribution in [-0.4, -0.2) is 47.4 Å². The Morgan fingerprint density at radius 2 is 1.62 bits per heavy atom. The average molecular weight is 553 g/mol. The van der Waals surface area contributed by atoms with Crippen molar-refractivity contribution in [1.82, 2.24) is 0 Å². The first-order valence-electron chi connectivity index (χ1n) is 12.9. The lowest BCUT2D eigenvalue weighted by molar-refractivity contribution is -0.532. The number of hydroxylamine groups is 1. The van der Waals surface area contributed by atoms with Crippen LogP contribution in [0.3, 0.4) is 0 Å². The first kappa shape index (κ1) is 26.2. The number of hydrogen-bond acceptors (Lipinski definition) is 8. The zero-order chi connectivity index (χ0) is 27.1. The first-order valence-corrected chi connectivity index (χ1v) is 13.3. The summed E-state index contributed by atoms with van der Waals surface area (Å²) in [6.07, 6.45) is -3.67. The van der Waals surface area contributed by atoms with Crippen LogP contribution < -0.4 is 5.06 Å². The van der Waals surface area contributed by atoms with Gasteiger partial charge in [0, 0.05) is 9.95 Å². The third-order valence-corrected chi connectivity index (χ3v) is 7.51. The lowest BCUT2D eigenvalue weighted by atomic mass is 9.91. The highest BCUT2D eigenvalue weighted by molar-refractivity contribution is 6.30. The van der Waals surface area contributed by atoms with Crippen LogP contribution in [0.25, 0.3) is 0 Å². The molecule has 39 heavy (non-hydrogen) atoms. The third-order valence-electron chi connectivity index (χ3n) is 7.26. The van der Waals surface area contributed by atoms with E-state index in [1.165, 1.54) is 0 Å². The Morgan fingerprint density at radius 1 is 0.949 bits per heavy atom. The van der Waals surface area contributed by atoms with Crippen molar-refractivity contribution in [3.8, 4) is 0 Å². The van der Waals surface area contributed by atoms with Gasteiger partial charge in [0.2, 0.25) is 0 Å². The Bertz CT molecular complexity index is 1290. The zero-order valence-electron chi connectivity index (χ0n) is 21.5. The van der Waals surface area contributed by atoms with Gasteiger partial charge in [-0.1, -0.05) is 72.3 Å². The molecule has 0 amide bonds. The Balaban J connectivity index is 1.39. The van der Waals surface area contributed by atoms with Crippen LogP contribution in [0.15, 0.2) is 84.9 Å². The maximum atomic E-state index is 12.7. The summed E-state index contributed by atoms with van der Waals surface area (Å²) in [5.41, 5.74) is 2.26. The molecule has 3 aromatic carbocycles. The first-order chi connectivity index (χ1) is 18.8. The molecule has 7 atom stereocenters. The van der Waals surface area contributed by atoms with E-state index in [2.05, 4.69) is 0 Å². The lowest BCUT2D eigenvalue weighted by Crippen LogP contribution is -2.53. The summed E-state index contributed by atoms with van der Waals surface area (Å²) < 4.78 is 25.1. The van der Waals surface area contributed by atoms with Gasteiger partial charge in [0.15, 0.2) is 24.2 Å². The topological polar surface area (TPSA) is 92.5 Å². The fraction of sp³-hybridized carbons (Fsp3) is 0.379. The van der Waals surface area contributed by atoms with E-state index >= 15 is 0 Å². The summed E-state index contributed by atoms with van der Waals surface area (Å²) in [6, 6.07) is 23.9. The van der Waals surface area contributed by atoms with E-state index in [4.69, 9.17) is 35.4 Å². The van der Waals surface area contributed by atoms with E-state index < -0.39 is 48.6 Å². The van der Waals surface area contributed by atoms with E-state index in [1.54, 1.807) is 29.3 Å². The summed E-state index contributed by atoms with van der Waals surface area (Å²) in [4.78, 5) is 18.8. The minimum Gasteiger partial charge on any atom is -0.368 e. The molecule has 3 heterocycles. The number of benzene rings is 3. The Hall–Kier alpha value is -3.05. The number of nitrogens with zero attached hydrogens (tertiary/aromatic N) is 2. The highest BCUT2D eigenvalue weighted by Gasteiger charge is 2.65. The Labute approximate surface area is 231 Å². The summed E-state index contributed by atoms with van der Waals surface area (Å²) in [7, 11) is 0. The third kappa shape index (κ3) is 5.14. The number of anilines is 1. The van der Waals surface area contributed by atoms with E-state index in [1.807, 2.05) is 74.5 Å². The zero-order valence-corrected chi connectivity index (χ0v) is 22.2. The van der Waals surface area contributed by atoms with Crippen LogP contribution in [-0.2, 0) is 30.4 Å². The van der Waals surface area contributed by atoms with Crippen LogP contribution in [0.2, 0.25) is 5.02 Å². The molecule has 204 valence electrons. The molecular weight excluding hydrogens is 524 g/mol. The summed E-state index contributed by atoms with van der Waals surface area (Å²) in [5, 5.41) is 14.9. The highest BCUT2D eigenvalue weighted by Crippen LogP contribution is 2.47. The molecule has 6 rings (SSSR count). The Morgan fingerprint density at radius 3 is 2.28 bits per heavy atom. The van der Waals surface area contributed by atoms with Crippen molar-refractivity contribution in [2.45, 2.75) is 69.0 Å². The van der Waals surface area contributed by atoms with Crippen LogP contribution in [0, 0.1) is 10.1 Å². The molecule has 0 aliphatic carbocycles. The number of rotatable bonds is 7. The molecule has 0 saturated carbocycles. The van der Waals surface area contributed by atoms with Gasteiger partial charge in [0.1, 0.15) is 18.3 Å². The Kier molecular flexibility index (Phi) is 7.05. The van der Waals surface area contributed by atoms with Crippen molar-refractivity contribution in [3.63, 3.8) is 0 Å². The van der Waals surface area contributed by atoms with Crippen molar-refractivity contribution in [2.24, 2.45) is 0 Å². The van der Waals surface area contributed by atoms with Crippen molar-refractivity contribution in [2.75, 3.05) is 5.06 Å². The van der Waals surface area contributed by atoms with Gasteiger partial charge in [-0.05, 0) is 49.2 Å². The second kappa shape index (κ2) is 10.5. The SMILES string of the molecule is CC1(C)O[C@H]2O[C@H]([C@@H]3[C@@H]([N+](=O)[O-])[C@H](c4ccc(Cl)cc4)ON3c3ccccc3)[C@H](OCc3ccccc3)[C@H]2O1.